The molecule has 0 fully saturated rings. The average Bonchev–Trinajstić information content (AvgIpc) is 2.87. The third-order valence-electron chi connectivity index (χ3n) is 4.12. The number of hydrogen-bond donors (Lipinski definition) is 0. The van der Waals surface area contributed by atoms with E-state index in [1.54, 1.807) is 0 Å². The molecule has 1 aliphatic heterocycles. The molecule has 2 nitrogen and oxygen atoms in total. The van der Waals surface area contributed by atoms with Crippen molar-refractivity contribution in [3.05, 3.63) is 64.7 Å². The number of carbonyl (C=O) groups excluding carboxylic acids is 1. The van der Waals surface area contributed by atoms with Crippen molar-refractivity contribution in [1.29, 1.82) is 0 Å². The predicted octanol–water partition coefficient (Wildman–Crippen LogP) is 1.34. The van der Waals surface area contributed by atoms with Gasteiger partial charge in [-0.05, 0) is 23.6 Å². The summed E-state index contributed by atoms with van der Waals surface area (Å²) in [6.07, 6.45) is 0.495. The smallest absolute Gasteiger partial charge is 0.227 e. The molecule has 1 heterocycles. The predicted molar refractivity (Wildman–Crippen MR) is 83.8 cm³/mol. The first-order valence-electron chi connectivity index (χ1n) is 7.04. The van der Waals surface area contributed by atoms with Crippen LogP contribution in [0.5, 0.6) is 0 Å². The third-order valence-corrected chi connectivity index (χ3v) is 4.12. The van der Waals surface area contributed by atoms with Gasteiger partial charge >= 0.3 is 0 Å². The van der Waals surface area contributed by atoms with Gasteiger partial charge < -0.3 is 4.90 Å². The molecule has 1 aliphatic rings. The lowest BCUT2D eigenvalue weighted by Gasteiger charge is -2.15. The fourth-order valence-electron chi connectivity index (χ4n) is 2.71. The van der Waals surface area contributed by atoms with E-state index in [9.17, 15) is 4.79 Å². The van der Waals surface area contributed by atoms with Gasteiger partial charge in [0.2, 0.25) is 5.91 Å². The molecular formula is C17H18BNO. The van der Waals surface area contributed by atoms with E-state index in [1.807, 2.05) is 17.0 Å². The molecule has 2 aromatic carbocycles. The maximum Gasteiger partial charge on any atom is 0.227 e. The minimum Gasteiger partial charge on any atom is -0.334 e. The van der Waals surface area contributed by atoms with Gasteiger partial charge in [0.05, 0.1) is 6.42 Å². The Morgan fingerprint density at radius 2 is 1.80 bits per heavy atom. The molecule has 0 unspecified atom stereocenters. The summed E-state index contributed by atoms with van der Waals surface area (Å²) in [6, 6.07) is 14.6. The van der Waals surface area contributed by atoms with Crippen LogP contribution in [0.25, 0.3) is 0 Å². The molecule has 20 heavy (non-hydrogen) atoms. The van der Waals surface area contributed by atoms with Gasteiger partial charge in [0.15, 0.2) is 0 Å². The van der Waals surface area contributed by atoms with Crippen molar-refractivity contribution in [2.45, 2.75) is 26.4 Å². The molecule has 1 amide bonds. The second-order valence-corrected chi connectivity index (χ2v) is 5.61. The summed E-state index contributed by atoms with van der Waals surface area (Å²) < 4.78 is 0. The van der Waals surface area contributed by atoms with Crippen molar-refractivity contribution in [3.8, 4) is 0 Å². The van der Waals surface area contributed by atoms with Gasteiger partial charge in [0, 0.05) is 13.1 Å². The molecule has 2 aromatic rings. The van der Waals surface area contributed by atoms with Gasteiger partial charge in [-0.2, -0.15) is 0 Å². The van der Waals surface area contributed by atoms with Crippen LogP contribution in [-0.4, -0.2) is 18.7 Å². The zero-order valence-electron chi connectivity index (χ0n) is 12.0. The van der Waals surface area contributed by atoms with E-state index < -0.39 is 0 Å². The average molecular weight is 263 g/mol. The highest BCUT2D eigenvalue weighted by Crippen LogP contribution is 2.22. The standard InChI is InChI=1S/C17H18BNO/c1-12-8-13(6-7-16(12)18)9-17(20)19-10-14-4-2-3-5-15(14)11-19/h2-8H,9-11,18H2,1H3. The topological polar surface area (TPSA) is 20.3 Å². The Morgan fingerprint density at radius 1 is 1.15 bits per heavy atom. The van der Waals surface area contributed by atoms with E-state index in [1.165, 1.54) is 22.2 Å². The van der Waals surface area contributed by atoms with Gasteiger partial charge in [-0.1, -0.05) is 53.5 Å². The molecule has 0 aliphatic carbocycles. The number of benzene rings is 2. The van der Waals surface area contributed by atoms with E-state index in [2.05, 4.69) is 45.1 Å². The SMILES string of the molecule is Bc1ccc(CC(=O)N2Cc3ccccc3C2)cc1C. The number of amides is 1. The van der Waals surface area contributed by atoms with Crippen LogP contribution < -0.4 is 5.46 Å². The second kappa shape index (κ2) is 5.16. The van der Waals surface area contributed by atoms with Gasteiger partial charge in [-0.15, -0.1) is 0 Å². The number of nitrogens with zero attached hydrogens (tertiary/aromatic N) is 1. The highest BCUT2D eigenvalue weighted by atomic mass is 16.2. The van der Waals surface area contributed by atoms with Crippen molar-refractivity contribution < 1.29 is 4.79 Å². The molecule has 3 heteroatoms. The Morgan fingerprint density at radius 3 is 2.40 bits per heavy atom. The van der Waals surface area contributed by atoms with Crippen LogP contribution in [0, 0.1) is 6.92 Å². The van der Waals surface area contributed by atoms with Crippen LogP contribution in [-0.2, 0) is 24.3 Å². The zero-order valence-corrected chi connectivity index (χ0v) is 12.0. The van der Waals surface area contributed by atoms with E-state index in [4.69, 9.17) is 0 Å². The fraction of sp³-hybridized carbons (Fsp3) is 0.235. The summed E-state index contributed by atoms with van der Waals surface area (Å²) in [6.45, 7) is 3.59. The van der Waals surface area contributed by atoms with Crippen molar-refractivity contribution in [2.24, 2.45) is 0 Å². The summed E-state index contributed by atoms with van der Waals surface area (Å²) in [4.78, 5) is 14.3. The van der Waals surface area contributed by atoms with Crippen LogP contribution >= 0.6 is 0 Å². The Labute approximate surface area is 120 Å². The summed E-state index contributed by atoms with van der Waals surface area (Å²) in [5, 5.41) is 0. The van der Waals surface area contributed by atoms with Crippen molar-refractivity contribution in [1.82, 2.24) is 4.90 Å². The molecule has 0 atom stereocenters. The van der Waals surface area contributed by atoms with E-state index in [0.717, 1.165) is 18.7 Å². The minimum atomic E-state index is 0.212. The first kappa shape index (κ1) is 13.0. The summed E-state index contributed by atoms with van der Waals surface area (Å²) in [5.41, 5.74) is 6.19. The number of rotatable bonds is 2. The van der Waals surface area contributed by atoms with Gasteiger partial charge in [0.25, 0.3) is 0 Å². The Kier molecular flexibility index (Phi) is 3.35. The van der Waals surface area contributed by atoms with Crippen LogP contribution in [0.3, 0.4) is 0 Å². The minimum absolute atomic E-state index is 0.212. The molecule has 0 aromatic heterocycles. The van der Waals surface area contributed by atoms with E-state index in [-0.39, 0.29) is 5.91 Å². The van der Waals surface area contributed by atoms with Crippen molar-refractivity contribution in [3.63, 3.8) is 0 Å². The normalized spacial score (nSPS) is 13.3. The lowest BCUT2D eigenvalue weighted by Crippen LogP contribution is -2.27. The molecule has 0 radical (unpaired) electrons. The highest BCUT2D eigenvalue weighted by Gasteiger charge is 2.22. The van der Waals surface area contributed by atoms with Crippen LogP contribution in [0.2, 0.25) is 0 Å². The lowest BCUT2D eigenvalue weighted by molar-refractivity contribution is -0.131. The molecule has 0 saturated heterocycles. The van der Waals surface area contributed by atoms with Crippen molar-refractivity contribution >= 4 is 19.2 Å². The first-order chi connectivity index (χ1) is 9.63. The van der Waals surface area contributed by atoms with Crippen LogP contribution in [0.4, 0.5) is 0 Å². The summed E-state index contributed by atoms with van der Waals surface area (Å²) in [7, 11) is 2.10. The number of carbonyl (C=O) groups is 1. The molecular weight excluding hydrogens is 245 g/mol. The second-order valence-electron chi connectivity index (χ2n) is 5.61. The van der Waals surface area contributed by atoms with Crippen molar-refractivity contribution in [2.75, 3.05) is 0 Å². The summed E-state index contributed by atoms with van der Waals surface area (Å²) in [5.74, 6) is 0.212. The van der Waals surface area contributed by atoms with Gasteiger partial charge in [-0.3, -0.25) is 4.79 Å². The Balaban J connectivity index is 1.71. The third kappa shape index (κ3) is 2.48. The van der Waals surface area contributed by atoms with Crippen LogP contribution in [0.1, 0.15) is 22.3 Å². The highest BCUT2D eigenvalue weighted by molar-refractivity contribution is 6.33. The maximum absolute atomic E-state index is 12.4. The Hall–Kier alpha value is -2.03. The largest absolute Gasteiger partial charge is 0.334 e. The molecule has 0 saturated carbocycles. The van der Waals surface area contributed by atoms with Gasteiger partial charge in [0.1, 0.15) is 7.85 Å². The monoisotopic (exact) mass is 263 g/mol. The Bertz CT molecular complexity index is 641. The number of fused-ring (bicyclic) bond motifs is 1. The van der Waals surface area contributed by atoms with Gasteiger partial charge in [-0.25, -0.2) is 0 Å². The fourth-order valence-corrected chi connectivity index (χ4v) is 2.71. The number of hydrogen-bond acceptors (Lipinski definition) is 1. The van der Waals surface area contributed by atoms with E-state index >= 15 is 0 Å². The van der Waals surface area contributed by atoms with Crippen LogP contribution in [0.15, 0.2) is 42.5 Å². The summed E-state index contributed by atoms with van der Waals surface area (Å²) >= 11 is 0. The van der Waals surface area contributed by atoms with E-state index in [0.29, 0.717) is 6.42 Å². The molecule has 0 N–H and O–H groups in total. The zero-order chi connectivity index (χ0) is 14.1. The lowest BCUT2D eigenvalue weighted by atomic mass is 9.89. The molecule has 0 bridgehead atoms. The molecule has 3 rings (SSSR count). The first-order valence-corrected chi connectivity index (χ1v) is 7.04. The molecule has 100 valence electrons. The maximum atomic E-state index is 12.4. The molecule has 0 spiro atoms. The quantitative estimate of drug-likeness (QED) is 0.749. The number of aryl methyl sites for hydroxylation is 1.